The topological polar surface area (TPSA) is 43.8 Å². The molecule has 2 fully saturated rings. The molecule has 2 aromatic rings. The van der Waals surface area contributed by atoms with Crippen molar-refractivity contribution in [2.75, 3.05) is 5.73 Å². The van der Waals surface area contributed by atoms with Crippen LogP contribution in [0, 0.1) is 23.7 Å². The molecule has 3 atom stereocenters. The Bertz CT molecular complexity index is 723. The number of hydrogen-bond acceptors (Lipinski definition) is 2. The zero-order valence-corrected chi connectivity index (χ0v) is 13.5. The second kappa shape index (κ2) is 3.82. The maximum absolute atomic E-state index is 5.93. The van der Waals surface area contributed by atoms with Gasteiger partial charge in [-0.25, -0.2) is 4.98 Å². The van der Waals surface area contributed by atoms with E-state index in [0.29, 0.717) is 16.9 Å². The zero-order chi connectivity index (χ0) is 15.0. The monoisotopic (exact) mass is 283 g/mol. The summed E-state index contributed by atoms with van der Waals surface area (Å²) >= 11 is 0. The molecule has 0 spiro atoms. The lowest BCUT2D eigenvalue weighted by Crippen LogP contribution is -2.37. The van der Waals surface area contributed by atoms with Crippen molar-refractivity contribution in [1.29, 1.82) is 0 Å². The van der Waals surface area contributed by atoms with Gasteiger partial charge in [0.1, 0.15) is 5.82 Å². The van der Waals surface area contributed by atoms with Crippen LogP contribution in [0.15, 0.2) is 18.2 Å². The number of fused-ring (bicyclic) bond motifs is 3. The predicted octanol–water partition coefficient (Wildman–Crippen LogP) is 4.31. The molecule has 1 heterocycles. The first-order valence-corrected chi connectivity index (χ1v) is 8.07. The summed E-state index contributed by atoms with van der Waals surface area (Å²) in [6.07, 6.45) is 4.09. The van der Waals surface area contributed by atoms with Gasteiger partial charge >= 0.3 is 0 Å². The molecule has 2 bridgehead atoms. The lowest BCUT2D eigenvalue weighted by Gasteiger charge is -2.44. The molecule has 0 aliphatic heterocycles. The number of benzene rings is 1. The van der Waals surface area contributed by atoms with Crippen molar-refractivity contribution >= 4 is 16.7 Å². The summed E-state index contributed by atoms with van der Waals surface area (Å²) in [6.45, 7) is 9.53. The first kappa shape index (κ1) is 13.2. The number of rotatable bonds is 1. The van der Waals surface area contributed by atoms with E-state index in [1.807, 2.05) is 12.1 Å². The third-order valence-electron chi connectivity index (χ3n) is 6.34. The molecule has 21 heavy (non-hydrogen) atoms. The van der Waals surface area contributed by atoms with Crippen molar-refractivity contribution in [2.45, 2.75) is 53.0 Å². The fourth-order valence-electron chi connectivity index (χ4n) is 5.48. The molecule has 3 heteroatoms. The molecule has 2 saturated carbocycles. The summed E-state index contributed by atoms with van der Waals surface area (Å²) in [5, 5.41) is 0. The average molecular weight is 283 g/mol. The van der Waals surface area contributed by atoms with Crippen molar-refractivity contribution in [1.82, 2.24) is 9.55 Å². The third-order valence-corrected chi connectivity index (χ3v) is 6.34. The Hall–Kier alpha value is -1.51. The van der Waals surface area contributed by atoms with Crippen LogP contribution >= 0.6 is 0 Å². The normalized spacial score (nSPS) is 33.9. The van der Waals surface area contributed by atoms with Crippen molar-refractivity contribution in [3.63, 3.8) is 0 Å². The van der Waals surface area contributed by atoms with Gasteiger partial charge < -0.3 is 10.3 Å². The molecule has 0 amide bonds. The number of nitrogens with zero attached hydrogens (tertiary/aromatic N) is 2. The van der Waals surface area contributed by atoms with E-state index in [0.717, 1.165) is 22.9 Å². The second-order valence-corrected chi connectivity index (χ2v) is 8.09. The molecule has 2 aliphatic rings. The van der Waals surface area contributed by atoms with Crippen LogP contribution < -0.4 is 5.73 Å². The van der Waals surface area contributed by atoms with Crippen LogP contribution in [0.2, 0.25) is 0 Å². The molecule has 2 aliphatic carbocycles. The fraction of sp³-hybridized carbons (Fsp3) is 0.611. The molecule has 112 valence electrons. The molecule has 4 rings (SSSR count). The minimum atomic E-state index is 0.340. The number of aromatic nitrogens is 2. The van der Waals surface area contributed by atoms with Crippen LogP contribution in [0.4, 0.5) is 5.69 Å². The average Bonchev–Trinajstić information content (AvgIpc) is 2.97. The molecule has 2 N–H and O–H groups in total. The van der Waals surface area contributed by atoms with Gasteiger partial charge in [0.15, 0.2) is 0 Å². The molecule has 1 aromatic heterocycles. The van der Waals surface area contributed by atoms with Gasteiger partial charge in [0.05, 0.1) is 11.0 Å². The third kappa shape index (κ3) is 1.58. The Balaban J connectivity index is 1.96. The summed E-state index contributed by atoms with van der Waals surface area (Å²) < 4.78 is 2.51. The summed E-state index contributed by atoms with van der Waals surface area (Å²) in [5.74, 6) is 1.97. The van der Waals surface area contributed by atoms with Crippen molar-refractivity contribution < 1.29 is 0 Å². The maximum Gasteiger partial charge on any atom is 0.107 e. The number of anilines is 1. The minimum absolute atomic E-state index is 0.340. The Labute approximate surface area is 126 Å². The standard InChI is InChI=1S/C18H25N3/c1-11-20-14-9-13(19)5-6-15(14)21(11)16-17(2,3)12-7-8-18(16,4)10-12/h5-6,9,12,16H,7-8,10,19H2,1-4H3. The molecule has 1 aromatic carbocycles. The number of nitrogens with two attached hydrogens (primary N) is 1. The van der Waals surface area contributed by atoms with Gasteiger partial charge in [-0.15, -0.1) is 0 Å². The van der Waals surface area contributed by atoms with Gasteiger partial charge in [-0.3, -0.25) is 0 Å². The van der Waals surface area contributed by atoms with Gasteiger partial charge in [0, 0.05) is 11.7 Å². The highest BCUT2D eigenvalue weighted by atomic mass is 15.1. The minimum Gasteiger partial charge on any atom is -0.399 e. The lowest BCUT2D eigenvalue weighted by atomic mass is 9.68. The zero-order valence-electron chi connectivity index (χ0n) is 13.5. The Morgan fingerprint density at radius 1 is 1.29 bits per heavy atom. The van der Waals surface area contributed by atoms with E-state index in [2.05, 4.69) is 38.3 Å². The van der Waals surface area contributed by atoms with E-state index in [1.165, 1.54) is 24.8 Å². The van der Waals surface area contributed by atoms with Gasteiger partial charge in [-0.1, -0.05) is 20.8 Å². The van der Waals surface area contributed by atoms with Crippen LogP contribution in [0.1, 0.15) is 51.9 Å². The highest BCUT2D eigenvalue weighted by molar-refractivity contribution is 5.80. The Kier molecular flexibility index (Phi) is 2.40. The number of imidazole rings is 1. The number of aryl methyl sites for hydroxylation is 1. The van der Waals surface area contributed by atoms with E-state index >= 15 is 0 Å². The number of hydrogen-bond donors (Lipinski definition) is 1. The quantitative estimate of drug-likeness (QED) is 0.792. The summed E-state index contributed by atoms with van der Waals surface area (Å²) in [4.78, 5) is 4.78. The maximum atomic E-state index is 5.93. The molecule has 3 nitrogen and oxygen atoms in total. The van der Waals surface area contributed by atoms with E-state index in [9.17, 15) is 0 Å². The van der Waals surface area contributed by atoms with Crippen molar-refractivity contribution in [2.24, 2.45) is 16.7 Å². The molecule has 0 radical (unpaired) electrons. The highest BCUT2D eigenvalue weighted by Crippen LogP contribution is 2.68. The number of nitrogen functional groups attached to an aromatic ring is 1. The summed E-state index contributed by atoms with van der Waals surface area (Å²) in [6, 6.07) is 6.69. The largest absolute Gasteiger partial charge is 0.399 e. The van der Waals surface area contributed by atoms with Crippen LogP contribution in [0.5, 0.6) is 0 Å². The van der Waals surface area contributed by atoms with Crippen molar-refractivity contribution in [3.8, 4) is 0 Å². The van der Waals surface area contributed by atoms with Gasteiger partial charge in [0.2, 0.25) is 0 Å². The molecular formula is C18H25N3. The Morgan fingerprint density at radius 2 is 2.05 bits per heavy atom. The predicted molar refractivity (Wildman–Crippen MR) is 87.1 cm³/mol. The van der Waals surface area contributed by atoms with E-state index in [4.69, 9.17) is 10.7 Å². The van der Waals surface area contributed by atoms with E-state index in [1.54, 1.807) is 0 Å². The summed E-state index contributed by atoms with van der Waals surface area (Å²) in [7, 11) is 0. The first-order valence-electron chi connectivity index (χ1n) is 8.07. The van der Waals surface area contributed by atoms with Crippen LogP contribution in [0.25, 0.3) is 11.0 Å². The Morgan fingerprint density at radius 3 is 2.71 bits per heavy atom. The lowest BCUT2D eigenvalue weighted by molar-refractivity contribution is 0.0849. The second-order valence-electron chi connectivity index (χ2n) is 8.09. The molecule has 3 unspecified atom stereocenters. The van der Waals surface area contributed by atoms with Crippen molar-refractivity contribution in [3.05, 3.63) is 24.0 Å². The van der Waals surface area contributed by atoms with E-state index in [-0.39, 0.29) is 0 Å². The molecular weight excluding hydrogens is 258 g/mol. The van der Waals surface area contributed by atoms with Gasteiger partial charge in [-0.05, 0) is 61.1 Å². The molecule has 0 saturated heterocycles. The van der Waals surface area contributed by atoms with Crippen LogP contribution in [0.3, 0.4) is 0 Å². The fourth-order valence-corrected chi connectivity index (χ4v) is 5.48. The smallest absolute Gasteiger partial charge is 0.107 e. The van der Waals surface area contributed by atoms with Crippen LogP contribution in [-0.4, -0.2) is 9.55 Å². The summed E-state index contributed by atoms with van der Waals surface area (Å²) in [5.41, 5.74) is 9.76. The van der Waals surface area contributed by atoms with Gasteiger partial charge in [-0.2, -0.15) is 0 Å². The SMILES string of the molecule is Cc1nc2cc(N)ccc2n1C1C2(C)CCC(C2)C1(C)C. The highest BCUT2D eigenvalue weighted by Gasteiger charge is 2.60. The van der Waals surface area contributed by atoms with Gasteiger partial charge in [0.25, 0.3) is 0 Å². The van der Waals surface area contributed by atoms with Crippen LogP contribution in [-0.2, 0) is 0 Å². The van der Waals surface area contributed by atoms with E-state index < -0.39 is 0 Å². The first-order chi connectivity index (χ1) is 9.83.